The minimum Gasteiger partial charge on any atom is -0.394 e. The van der Waals surface area contributed by atoms with E-state index in [2.05, 4.69) is 20.4 Å². The van der Waals surface area contributed by atoms with Crippen LogP contribution in [0.3, 0.4) is 0 Å². The summed E-state index contributed by atoms with van der Waals surface area (Å²) in [6.07, 6.45) is 2.22. The minimum atomic E-state index is -0.492. The van der Waals surface area contributed by atoms with E-state index in [0.29, 0.717) is 30.8 Å². The maximum atomic E-state index is 13.2. The molecule has 0 bridgehead atoms. The van der Waals surface area contributed by atoms with Crippen molar-refractivity contribution < 1.29 is 19.1 Å². The number of hydrazone groups is 1. The number of anilines is 1. The molecule has 37 heavy (non-hydrogen) atoms. The van der Waals surface area contributed by atoms with E-state index in [-0.39, 0.29) is 29.9 Å². The topological polar surface area (TPSA) is 163 Å². The van der Waals surface area contributed by atoms with Gasteiger partial charge in [-0.1, -0.05) is 6.07 Å². The molecule has 12 heteroatoms. The van der Waals surface area contributed by atoms with Crippen molar-refractivity contribution in [2.24, 2.45) is 16.8 Å². The Morgan fingerprint density at radius 2 is 1.97 bits per heavy atom. The molecule has 2 aromatic heterocycles. The third-order valence-electron chi connectivity index (χ3n) is 6.03. The fraction of sp³-hybridized carbons (Fsp3) is 0.240. The number of rotatable bonds is 6. The number of nitrogens with zero attached hydrogens (tertiary/aromatic N) is 5. The van der Waals surface area contributed by atoms with Gasteiger partial charge in [0.1, 0.15) is 23.0 Å². The number of hydrogen-bond donors (Lipinski definition) is 4. The molecule has 6 N–H and O–H groups in total. The summed E-state index contributed by atoms with van der Waals surface area (Å²) in [6.45, 7) is 2.26. The number of nitrogens with two attached hydrogens (primary N) is 2. The molecule has 0 saturated heterocycles. The highest BCUT2D eigenvalue weighted by Gasteiger charge is 2.24. The van der Waals surface area contributed by atoms with Crippen LogP contribution in [0.1, 0.15) is 44.6 Å². The lowest BCUT2D eigenvalue weighted by molar-refractivity contribution is 0.0734. The van der Waals surface area contributed by atoms with Crippen LogP contribution in [0.5, 0.6) is 0 Å². The molecule has 1 aromatic carbocycles. The molecule has 4 rings (SSSR count). The van der Waals surface area contributed by atoms with Crippen molar-refractivity contribution in [3.05, 3.63) is 88.6 Å². The van der Waals surface area contributed by atoms with Gasteiger partial charge in [0, 0.05) is 24.8 Å². The van der Waals surface area contributed by atoms with Crippen molar-refractivity contribution in [3.63, 3.8) is 0 Å². The second kappa shape index (κ2) is 11.1. The zero-order valence-electron chi connectivity index (χ0n) is 20.1. The van der Waals surface area contributed by atoms with Crippen LogP contribution in [-0.2, 0) is 13.0 Å². The Morgan fingerprint density at radius 3 is 2.68 bits per heavy atom. The molecule has 0 spiro atoms. The van der Waals surface area contributed by atoms with Crippen molar-refractivity contribution in [2.75, 3.05) is 18.5 Å². The molecule has 0 aliphatic carbocycles. The second-order valence-electron chi connectivity index (χ2n) is 8.58. The van der Waals surface area contributed by atoms with Crippen LogP contribution in [0.15, 0.2) is 59.8 Å². The Morgan fingerprint density at radius 1 is 1.22 bits per heavy atom. The van der Waals surface area contributed by atoms with Crippen LogP contribution < -0.4 is 17.0 Å². The first kappa shape index (κ1) is 25.7. The van der Waals surface area contributed by atoms with Crippen LogP contribution in [0, 0.1) is 5.82 Å². The van der Waals surface area contributed by atoms with Gasteiger partial charge < -0.3 is 21.2 Å². The molecule has 0 fully saturated rings. The van der Waals surface area contributed by atoms with Gasteiger partial charge in [-0.2, -0.15) is 5.10 Å². The second-order valence-corrected chi connectivity index (χ2v) is 8.58. The third-order valence-corrected chi connectivity index (χ3v) is 6.03. The van der Waals surface area contributed by atoms with E-state index >= 15 is 0 Å². The Hall–Kier alpha value is -4.42. The molecule has 1 unspecified atom stereocenters. The number of aromatic nitrogens is 2. The van der Waals surface area contributed by atoms with Gasteiger partial charge in [-0.25, -0.2) is 15.2 Å². The van der Waals surface area contributed by atoms with Gasteiger partial charge >= 0.3 is 0 Å². The molecule has 3 heterocycles. The Bertz CT molecular complexity index is 1330. The molecule has 1 aliphatic heterocycles. The lowest BCUT2D eigenvalue weighted by Crippen LogP contribution is -2.47. The summed E-state index contributed by atoms with van der Waals surface area (Å²) < 4.78 is 13.2. The molecule has 192 valence electrons. The summed E-state index contributed by atoms with van der Waals surface area (Å²) in [5.41, 5.74) is 2.61. The smallest absolute Gasteiger partial charge is 0.275 e. The summed E-state index contributed by atoms with van der Waals surface area (Å²) in [4.78, 5) is 36.1. The van der Waals surface area contributed by atoms with Crippen molar-refractivity contribution in [2.45, 2.75) is 25.9 Å². The van der Waals surface area contributed by atoms with E-state index in [1.807, 2.05) is 0 Å². The van der Waals surface area contributed by atoms with Crippen LogP contribution in [-0.4, -0.2) is 61.8 Å². The maximum Gasteiger partial charge on any atom is 0.275 e. The van der Waals surface area contributed by atoms with E-state index in [1.54, 1.807) is 42.3 Å². The van der Waals surface area contributed by atoms with E-state index in [4.69, 9.17) is 11.7 Å². The van der Waals surface area contributed by atoms with Gasteiger partial charge in [-0.05, 0) is 66.9 Å². The van der Waals surface area contributed by atoms with E-state index < -0.39 is 17.8 Å². The predicted molar refractivity (Wildman–Crippen MR) is 135 cm³/mol. The molecular weight excluding hydrogens is 479 g/mol. The number of benzene rings is 1. The number of nitrogens with one attached hydrogen (secondary N) is 1. The first-order chi connectivity index (χ1) is 17.8. The summed E-state index contributed by atoms with van der Waals surface area (Å²) in [5, 5.41) is 16.9. The van der Waals surface area contributed by atoms with Crippen LogP contribution in [0.25, 0.3) is 0 Å². The van der Waals surface area contributed by atoms with Crippen molar-refractivity contribution in [1.29, 1.82) is 0 Å². The normalized spacial score (nSPS) is 14.1. The number of hydrazine groups is 1. The first-order valence-corrected chi connectivity index (χ1v) is 11.5. The Balaban J connectivity index is 1.49. The Labute approximate surface area is 212 Å². The van der Waals surface area contributed by atoms with Crippen LogP contribution in [0.2, 0.25) is 0 Å². The Kier molecular flexibility index (Phi) is 7.70. The van der Waals surface area contributed by atoms with E-state index in [9.17, 15) is 19.1 Å². The third kappa shape index (κ3) is 5.71. The van der Waals surface area contributed by atoms with Gasteiger partial charge in [-0.3, -0.25) is 19.6 Å². The number of amidine groups is 1. The molecule has 0 saturated carbocycles. The number of aliphatic hydroxyl groups excluding tert-OH is 1. The number of carbonyl (C=O) groups is 2. The number of hydrogen-bond acceptors (Lipinski definition) is 8. The number of carbonyl (C=O) groups excluding carboxylic acids is 2. The highest BCUT2D eigenvalue weighted by molar-refractivity contribution is 6.03. The molecule has 1 atom stereocenters. The molecule has 2 amide bonds. The number of halogens is 1. The summed E-state index contributed by atoms with van der Waals surface area (Å²) in [6, 6.07) is 11.5. The van der Waals surface area contributed by atoms with Crippen LogP contribution >= 0.6 is 0 Å². The minimum absolute atomic E-state index is 0.135. The summed E-state index contributed by atoms with van der Waals surface area (Å²) in [5.74, 6) is 10.7. The molecule has 1 aliphatic rings. The lowest BCUT2D eigenvalue weighted by Gasteiger charge is -2.29. The molecule has 0 radical (unpaired) electrons. The van der Waals surface area contributed by atoms with E-state index in [1.165, 1.54) is 29.3 Å². The summed E-state index contributed by atoms with van der Waals surface area (Å²) in [7, 11) is 0. The maximum absolute atomic E-state index is 13.2. The fourth-order valence-electron chi connectivity index (χ4n) is 3.88. The SMILES string of the molecule is CC(CO)N(N)/C(=N\N)c1cccc(NC(=O)c2cc3c(cn2)CCN(C(=O)c2ccc(F)cc2)C3)n1. The number of fused-ring (bicyclic) bond motifs is 1. The van der Waals surface area contributed by atoms with Crippen molar-refractivity contribution in [3.8, 4) is 0 Å². The largest absolute Gasteiger partial charge is 0.394 e. The summed E-state index contributed by atoms with van der Waals surface area (Å²) >= 11 is 0. The fourth-order valence-corrected chi connectivity index (χ4v) is 3.88. The van der Waals surface area contributed by atoms with Gasteiger partial charge in [0.25, 0.3) is 11.8 Å². The average Bonchev–Trinajstić information content (AvgIpc) is 2.92. The first-order valence-electron chi connectivity index (χ1n) is 11.5. The zero-order chi connectivity index (χ0) is 26.5. The molecular formula is C25H27FN8O3. The lowest BCUT2D eigenvalue weighted by atomic mass is 10.00. The molecule has 3 aromatic rings. The van der Waals surface area contributed by atoms with Crippen molar-refractivity contribution in [1.82, 2.24) is 19.9 Å². The van der Waals surface area contributed by atoms with Gasteiger partial charge in [0.15, 0.2) is 5.84 Å². The highest BCUT2D eigenvalue weighted by atomic mass is 19.1. The zero-order valence-corrected chi connectivity index (χ0v) is 20.1. The standard InChI is InChI=1S/C25H27FN8O3/c1-15(14-35)34(28)23(32-27)20-3-2-4-22(30-20)31-24(36)21-11-18-13-33(10-9-17(18)12-29-21)25(37)16-5-7-19(26)8-6-16/h2-8,11-12,15,35H,9-10,13-14,27-28H2,1H3,(H,30,31,36)/b32-23-. The average molecular weight is 507 g/mol. The van der Waals surface area contributed by atoms with Crippen LogP contribution in [0.4, 0.5) is 10.2 Å². The highest BCUT2D eigenvalue weighted by Crippen LogP contribution is 2.21. The predicted octanol–water partition coefficient (Wildman–Crippen LogP) is 1.24. The number of aliphatic hydroxyl groups is 1. The quantitative estimate of drug-likeness (QED) is 0.168. The molecule has 11 nitrogen and oxygen atoms in total. The van der Waals surface area contributed by atoms with E-state index in [0.717, 1.165) is 11.1 Å². The number of pyridine rings is 2. The van der Waals surface area contributed by atoms with Gasteiger partial charge in [0.05, 0.1) is 12.6 Å². The monoisotopic (exact) mass is 506 g/mol. The van der Waals surface area contributed by atoms with Gasteiger partial charge in [-0.15, -0.1) is 0 Å². The van der Waals surface area contributed by atoms with Crippen molar-refractivity contribution >= 4 is 23.5 Å². The number of amides is 2. The van der Waals surface area contributed by atoms with Gasteiger partial charge in [0.2, 0.25) is 0 Å².